The zero-order valence-corrected chi connectivity index (χ0v) is 12.6. The van der Waals surface area contributed by atoms with E-state index in [4.69, 9.17) is 5.10 Å². The van der Waals surface area contributed by atoms with Crippen LogP contribution in [-0.4, -0.2) is 21.0 Å². The summed E-state index contributed by atoms with van der Waals surface area (Å²) in [4.78, 5) is 2.07. The average molecular weight is 274 g/mol. The van der Waals surface area contributed by atoms with Crippen molar-refractivity contribution in [2.24, 2.45) is 23.7 Å². The fourth-order valence-corrected chi connectivity index (χ4v) is 5.12. The molecule has 4 nitrogen and oxygen atoms in total. The minimum absolute atomic E-state index is 0.501. The molecule has 5 rings (SSSR count). The third-order valence-electron chi connectivity index (χ3n) is 5.69. The Kier molecular flexibility index (Phi) is 3.09. The van der Waals surface area contributed by atoms with Crippen LogP contribution in [0, 0.1) is 23.7 Å². The summed E-state index contributed by atoms with van der Waals surface area (Å²) in [5.74, 6) is 3.74. The molecule has 1 heterocycles. The first-order valence-corrected chi connectivity index (χ1v) is 8.33. The molecule has 0 aromatic carbocycles. The van der Waals surface area contributed by atoms with Gasteiger partial charge in [0.25, 0.3) is 0 Å². The zero-order chi connectivity index (χ0) is 13.7. The van der Waals surface area contributed by atoms with Crippen molar-refractivity contribution >= 4 is 0 Å². The molecule has 0 aliphatic heterocycles. The van der Waals surface area contributed by atoms with Crippen molar-refractivity contribution in [3.05, 3.63) is 11.9 Å². The van der Waals surface area contributed by atoms with Crippen LogP contribution in [0.25, 0.3) is 0 Å². The third-order valence-corrected chi connectivity index (χ3v) is 5.69. The summed E-state index contributed by atoms with van der Waals surface area (Å²) in [6, 6.07) is 1.09. The Morgan fingerprint density at radius 3 is 2.40 bits per heavy atom. The van der Waals surface area contributed by atoms with E-state index in [9.17, 15) is 0 Å². The van der Waals surface area contributed by atoms with E-state index in [1.165, 1.54) is 32.1 Å². The van der Waals surface area contributed by atoms with Crippen molar-refractivity contribution < 1.29 is 0 Å². The van der Waals surface area contributed by atoms with Crippen LogP contribution in [-0.2, 0) is 6.54 Å². The topological polar surface area (TPSA) is 42.7 Å². The number of hydrogen-bond acceptors (Lipinski definition) is 3. The standard InChI is InChI=1S/C16H26N4/c1-10(2)17-8-15-9-18-20(19-15)16-13-4-11-3-12(6-13)7-14(16)5-11/h9-14,16-17H,3-8H2,1-2H3. The number of aromatic nitrogens is 3. The summed E-state index contributed by atoms with van der Waals surface area (Å²) in [6.45, 7) is 5.18. The first-order valence-electron chi connectivity index (χ1n) is 8.33. The lowest BCUT2D eigenvalue weighted by Crippen LogP contribution is -2.46. The summed E-state index contributed by atoms with van der Waals surface area (Å²) >= 11 is 0. The lowest BCUT2D eigenvalue weighted by atomic mass is 9.54. The van der Waals surface area contributed by atoms with Gasteiger partial charge in [0, 0.05) is 12.6 Å². The Hall–Kier alpha value is -0.900. The summed E-state index contributed by atoms with van der Waals surface area (Å²) in [6.07, 6.45) is 9.19. The van der Waals surface area contributed by atoms with Gasteiger partial charge in [-0.3, -0.25) is 0 Å². The molecule has 1 aromatic rings. The molecule has 1 aromatic heterocycles. The Morgan fingerprint density at radius 2 is 1.80 bits per heavy atom. The van der Waals surface area contributed by atoms with E-state index in [2.05, 4.69) is 29.1 Å². The Labute approximate surface area is 121 Å². The largest absolute Gasteiger partial charge is 0.309 e. The molecule has 4 bridgehead atoms. The minimum Gasteiger partial charge on any atom is -0.309 e. The minimum atomic E-state index is 0.501. The Bertz CT molecular complexity index is 451. The van der Waals surface area contributed by atoms with Gasteiger partial charge in [0.15, 0.2) is 0 Å². The van der Waals surface area contributed by atoms with Crippen molar-refractivity contribution in [1.29, 1.82) is 0 Å². The predicted octanol–water partition coefficient (Wildman–Crippen LogP) is 2.77. The van der Waals surface area contributed by atoms with E-state index in [-0.39, 0.29) is 0 Å². The monoisotopic (exact) mass is 274 g/mol. The van der Waals surface area contributed by atoms with Gasteiger partial charge in [0.05, 0.1) is 17.9 Å². The van der Waals surface area contributed by atoms with Crippen molar-refractivity contribution in [2.45, 2.75) is 64.6 Å². The maximum atomic E-state index is 4.77. The van der Waals surface area contributed by atoms with E-state index in [0.717, 1.165) is 35.9 Å². The van der Waals surface area contributed by atoms with E-state index in [0.29, 0.717) is 12.1 Å². The molecule has 4 aliphatic rings. The second-order valence-electron chi connectivity index (χ2n) is 7.61. The van der Waals surface area contributed by atoms with Gasteiger partial charge in [-0.25, -0.2) is 0 Å². The van der Waals surface area contributed by atoms with E-state index < -0.39 is 0 Å². The van der Waals surface area contributed by atoms with Crippen LogP contribution in [0.2, 0.25) is 0 Å². The van der Waals surface area contributed by atoms with Crippen molar-refractivity contribution in [3.63, 3.8) is 0 Å². The van der Waals surface area contributed by atoms with Gasteiger partial charge in [0.1, 0.15) is 0 Å². The lowest BCUT2D eigenvalue weighted by molar-refractivity contribution is -0.0390. The molecule has 1 N–H and O–H groups in total. The van der Waals surface area contributed by atoms with Crippen LogP contribution in [0.4, 0.5) is 0 Å². The molecule has 0 unspecified atom stereocenters. The number of nitrogens with zero attached hydrogens (tertiary/aromatic N) is 3. The van der Waals surface area contributed by atoms with Crippen LogP contribution < -0.4 is 5.32 Å². The molecule has 4 saturated carbocycles. The Morgan fingerprint density at radius 1 is 1.15 bits per heavy atom. The molecule has 0 atom stereocenters. The molecule has 0 spiro atoms. The van der Waals surface area contributed by atoms with Crippen molar-refractivity contribution in [2.75, 3.05) is 0 Å². The van der Waals surface area contributed by atoms with Crippen LogP contribution in [0.5, 0.6) is 0 Å². The second kappa shape index (κ2) is 4.83. The molecule has 20 heavy (non-hydrogen) atoms. The highest BCUT2D eigenvalue weighted by atomic mass is 15.5. The predicted molar refractivity (Wildman–Crippen MR) is 78.1 cm³/mol. The van der Waals surface area contributed by atoms with Gasteiger partial charge in [-0.05, 0) is 55.8 Å². The number of nitrogens with one attached hydrogen (secondary N) is 1. The van der Waals surface area contributed by atoms with Crippen LogP contribution >= 0.6 is 0 Å². The molecule has 0 saturated heterocycles. The van der Waals surface area contributed by atoms with Crippen molar-refractivity contribution in [1.82, 2.24) is 20.3 Å². The maximum absolute atomic E-state index is 4.77. The van der Waals surface area contributed by atoms with E-state index in [1.54, 1.807) is 0 Å². The quantitative estimate of drug-likeness (QED) is 0.918. The molecule has 110 valence electrons. The lowest BCUT2D eigenvalue weighted by Gasteiger charge is -2.53. The Balaban J connectivity index is 1.50. The first-order chi connectivity index (χ1) is 9.69. The highest BCUT2D eigenvalue weighted by Crippen LogP contribution is 2.57. The molecule has 4 heteroatoms. The molecule has 4 fully saturated rings. The highest BCUT2D eigenvalue weighted by molar-refractivity contribution is 5.01. The SMILES string of the molecule is CC(C)NCc1cnn(C2C3CC4CC(C3)CC2C4)n1. The summed E-state index contributed by atoms with van der Waals surface area (Å²) in [5, 5.41) is 12.8. The van der Waals surface area contributed by atoms with Gasteiger partial charge in [-0.2, -0.15) is 15.0 Å². The second-order valence-corrected chi connectivity index (χ2v) is 7.61. The number of rotatable bonds is 4. The number of hydrogen-bond donors (Lipinski definition) is 1. The highest BCUT2D eigenvalue weighted by Gasteiger charge is 2.49. The average Bonchev–Trinajstić information content (AvgIpc) is 2.83. The molecular weight excluding hydrogens is 248 g/mol. The fraction of sp³-hybridized carbons (Fsp3) is 0.875. The van der Waals surface area contributed by atoms with Gasteiger partial charge in [0.2, 0.25) is 0 Å². The summed E-state index contributed by atoms with van der Waals surface area (Å²) in [5.41, 5.74) is 1.09. The van der Waals surface area contributed by atoms with E-state index >= 15 is 0 Å². The van der Waals surface area contributed by atoms with Crippen molar-refractivity contribution in [3.8, 4) is 0 Å². The van der Waals surface area contributed by atoms with Gasteiger partial charge in [-0.15, -0.1) is 0 Å². The maximum Gasteiger partial charge on any atom is 0.0965 e. The molecule has 4 aliphatic carbocycles. The molecule has 0 amide bonds. The zero-order valence-electron chi connectivity index (χ0n) is 12.6. The third kappa shape index (κ3) is 2.18. The van der Waals surface area contributed by atoms with Gasteiger partial charge < -0.3 is 5.32 Å². The van der Waals surface area contributed by atoms with Crippen LogP contribution in [0.15, 0.2) is 6.20 Å². The smallest absolute Gasteiger partial charge is 0.0965 e. The normalized spacial score (nSPS) is 38.9. The molecule has 0 radical (unpaired) electrons. The fourth-order valence-electron chi connectivity index (χ4n) is 5.12. The molecular formula is C16H26N4. The summed E-state index contributed by atoms with van der Waals surface area (Å²) in [7, 11) is 0. The van der Waals surface area contributed by atoms with Gasteiger partial charge >= 0.3 is 0 Å². The summed E-state index contributed by atoms with van der Waals surface area (Å²) < 4.78 is 0. The van der Waals surface area contributed by atoms with Crippen LogP contribution in [0.3, 0.4) is 0 Å². The van der Waals surface area contributed by atoms with E-state index in [1.807, 2.05) is 6.20 Å². The van der Waals surface area contributed by atoms with Gasteiger partial charge in [-0.1, -0.05) is 13.8 Å². The van der Waals surface area contributed by atoms with Crippen LogP contribution in [0.1, 0.15) is 57.7 Å². The first kappa shape index (κ1) is 12.8.